The van der Waals surface area contributed by atoms with Gasteiger partial charge >= 0.3 is 12.1 Å². The highest BCUT2D eigenvalue weighted by Crippen LogP contribution is 2.28. The third-order valence-corrected chi connectivity index (χ3v) is 4.52. The van der Waals surface area contributed by atoms with Crippen LogP contribution in [-0.4, -0.2) is 56.6 Å². The van der Waals surface area contributed by atoms with Crippen LogP contribution in [0.1, 0.15) is 0 Å². The first-order valence-electron chi connectivity index (χ1n) is 9.02. The SMILES string of the molecule is O=C(Cn1ccc2ncc(-c3cccc(F)c3)cc21)N1CC(F)(F)C1.O=C(O)C(F)(F)F. The van der Waals surface area contributed by atoms with Gasteiger partial charge in [0.05, 0.1) is 24.1 Å². The summed E-state index contributed by atoms with van der Waals surface area (Å²) in [5.41, 5.74) is 2.77. The van der Waals surface area contributed by atoms with Crippen molar-refractivity contribution < 1.29 is 41.0 Å². The van der Waals surface area contributed by atoms with Crippen molar-refractivity contribution in [1.29, 1.82) is 0 Å². The number of alkyl halides is 5. The lowest BCUT2D eigenvalue weighted by atomic mass is 10.1. The molecule has 1 aromatic carbocycles. The third kappa shape index (κ3) is 5.37. The lowest BCUT2D eigenvalue weighted by Crippen LogP contribution is -2.59. The predicted octanol–water partition coefficient (Wildman–Crippen LogP) is 3.95. The molecule has 0 atom stereocenters. The van der Waals surface area contributed by atoms with Crippen LogP contribution in [0.3, 0.4) is 0 Å². The van der Waals surface area contributed by atoms with Gasteiger partial charge in [-0.05, 0) is 29.8 Å². The van der Waals surface area contributed by atoms with Crippen molar-refractivity contribution in [2.45, 2.75) is 18.6 Å². The molecule has 3 heterocycles. The van der Waals surface area contributed by atoms with E-state index < -0.39 is 31.2 Å². The number of benzene rings is 1. The number of amides is 1. The molecule has 1 saturated heterocycles. The summed E-state index contributed by atoms with van der Waals surface area (Å²) in [6.07, 6.45) is -1.75. The van der Waals surface area contributed by atoms with E-state index in [1.807, 2.05) is 6.07 Å². The number of aromatic nitrogens is 2. The summed E-state index contributed by atoms with van der Waals surface area (Å²) in [7, 11) is 0. The molecule has 1 fully saturated rings. The number of hydrogen-bond acceptors (Lipinski definition) is 3. The molecule has 0 aliphatic carbocycles. The highest BCUT2D eigenvalue weighted by Gasteiger charge is 2.46. The van der Waals surface area contributed by atoms with Gasteiger partial charge in [-0.2, -0.15) is 13.2 Å². The van der Waals surface area contributed by atoms with Crippen molar-refractivity contribution in [3.63, 3.8) is 0 Å². The number of carboxylic acid groups (broad SMARTS) is 1. The van der Waals surface area contributed by atoms with E-state index in [-0.39, 0.29) is 18.3 Å². The fourth-order valence-electron chi connectivity index (χ4n) is 2.96. The Kier molecular flexibility index (Phi) is 6.15. The van der Waals surface area contributed by atoms with Gasteiger partial charge in [0.15, 0.2) is 0 Å². The third-order valence-electron chi connectivity index (χ3n) is 4.52. The minimum atomic E-state index is -5.08. The van der Waals surface area contributed by atoms with Crippen LogP contribution in [0.2, 0.25) is 0 Å². The van der Waals surface area contributed by atoms with Crippen LogP contribution >= 0.6 is 0 Å². The lowest BCUT2D eigenvalue weighted by Gasteiger charge is -2.38. The van der Waals surface area contributed by atoms with Crippen molar-refractivity contribution in [3.8, 4) is 11.1 Å². The van der Waals surface area contributed by atoms with Gasteiger partial charge in [0.25, 0.3) is 5.92 Å². The Morgan fingerprint density at radius 3 is 2.31 bits per heavy atom. The van der Waals surface area contributed by atoms with Gasteiger partial charge in [0, 0.05) is 18.0 Å². The number of nitrogens with zero attached hydrogens (tertiary/aromatic N) is 3. The summed E-state index contributed by atoms with van der Waals surface area (Å²) in [4.78, 5) is 26.5. The largest absolute Gasteiger partial charge is 0.490 e. The van der Waals surface area contributed by atoms with E-state index >= 15 is 0 Å². The van der Waals surface area contributed by atoms with Crippen LogP contribution in [0.5, 0.6) is 0 Å². The molecule has 0 unspecified atom stereocenters. The van der Waals surface area contributed by atoms with Crippen LogP contribution in [0.15, 0.2) is 48.8 Å². The lowest BCUT2D eigenvalue weighted by molar-refractivity contribution is -0.192. The van der Waals surface area contributed by atoms with Gasteiger partial charge in [0.2, 0.25) is 5.91 Å². The highest BCUT2D eigenvalue weighted by atomic mass is 19.4. The molecule has 4 rings (SSSR count). The fraction of sp³-hybridized carbons (Fsp3) is 0.250. The number of pyridine rings is 1. The normalized spacial score (nSPS) is 15.0. The van der Waals surface area contributed by atoms with Crippen LogP contribution in [0, 0.1) is 5.82 Å². The monoisotopic (exact) mass is 459 g/mol. The maximum atomic E-state index is 13.4. The Labute approximate surface area is 176 Å². The molecule has 170 valence electrons. The first-order valence-corrected chi connectivity index (χ1v) is 9.02. The number of carbonyl (C=O) groups excluding carboxylic acids is 1. The van der Waals surface area contributed by atoms with Crippen molar-refractivity contribution in [1.82, 2.24) is 14.5 Å². The molecule has 12 heteroatoms. The van der Waals surface area contributed by atoms with Crippen LogP contribution < -0.4 is 0 Å². The van der Waals surface area contributed by atoms with Gasteiger partial charge in [-0.1, -0.05) is 12.1 Å². The van der Waals surface area contributed by atoms with E-state index in [0.29, 0.717) is 16.6 Å². The van der Waals surface area contributed by atoms with Gasteiger partial charge in [-0.25, -0.2) is 18.0 Å². The summed E-state index contributed by atoms with van der Waals surface area (Å²) in [5.74, 6) is -6.24. The smallest absolute Gasteiger partial charge is 0.475 e. The number of carboxylic acids is 1. The molecule has 0 saturated carbocycles. The zero-order valence-corrected chi connectivity index (χ0v) is 16.1. The molecule has 3 aromatic rings. The number of fused-ring (bicyclic) bond motifs is 1. The second-order valence-electron chi connectivity index (χ2n) is 6.99. The summed E-state index contributed by atoms with van der Waals surface area (Å²) < 4.78 is 72.6. The van der Waals surface area contributed by atoms with Gasteiger partial charge < -0.3 is 14.6 Å². The van der Waals surface area contributed by atoms with Crippen molar-refractivity contribution in [2.75, 3.05) is 13.1 Å². The van der Waals surface area contributed by atoms with Crippen molar-refractivity contribution in [2.24, 2.45) is 0 Å². The van der Waals surface area contributed by atoms with E-state index in [1.54, 1.807) is 35.2 Å². The van der Waals surface area contributed by atoms with E-state index in [1.165, 1.54) is 12.1 Å². The first-order chi connectivity index (χ1) is 14.9. The molecule has 1 N–H and O–H groups in total. The Morgan fingerprint density at radius 2 is 1.75 bits per heavy atom. The number of carbonyl (C=O) groups is 2. The summed E-state index contributed by atoms with van der Waals surface area (Å²) in [5, 5.41) is 7.12. The van der Waals surface area contributed by atoms with Crippen LogP contribution in [-0.2, 0) is 16.1 Å². The number of halogens is 6. The molecule has 1 aliphatic heterocycles. The Balaban J connectivity index is 0.000000360. The fourth-order valence-corrected chi connectivity index (χ4v) is 2.96. The standard InChI is InChI=1S/C18H14F3N3O.C2HF3O2/c19-14-3-1-2-12(6-14)13-7-16-15(22-8-13)4-5-23(16)9-17(25)24-10-18(20,21)11-24;3-2(4,5)1(6)7/h1-8H,9-11H2;(H,6,7). The molecule has 1 aliphatic rings. The van der Waals surface area contributed by atoms with Crippen molar-refractivity contribution in [3.05, 3.63) is 54.6 Å². The second-order valence-corrected chi connectivity index (χ2v) is 6.99. The number of aliphatic carboxylic acids is 1. The predicted molar refractivity (Wildman–Crippen MR) is 100 cm³/mol. The molecule has 2 aromatic heterocycles. The molecule has 6 nitrogen and oxygen atoms in total. The maximum Gasteiger partial charge on any atom is 0.490 e. The number of likely N-dealkylation sites (tertiary alicyclic amines) is 1. The van der Waals surface area contributed by atoms with Gasteiger partial charge in [0.1, 0.15) is 12.4 Å². The highest BCUT2D eigenvalue weighted by molar-refractivity contribution is 5.84. The Bertz CT molecular complexity index is 1150. The zero-order valence-electron chi connectivity index (χ0n) is 16.1. The Hall–Kier alpha value is -3.57. The van der Waals surface area contributed by atoms with Gasteiger partial charge in [-0.15, -0.1) is 0 Å². The van der Waals surface area contributed by atoms with E-state index in [4.69, 9.17) is 9.90 Å². The average molecular weight is 459 g/mol. The maximum absolute atomic E-state index is 13.4. The first kappa shape index (κ1) is 23.1. The van der Waals surface area contributed by atoms with Crippen LogP contribution in [0.4, 0.5) is 26.3 Å². The minimum absolute atomic E-state index is 0.0339. The number of rotatable bonds is 3. The van der Waals surface area contributed by atoms with E-state index in [2.05, 4.69) is 4.98 Å². The summed E-state index contributed by atoms with van der Waals surface area (Å²) >= 11 is 0. The summed E-state index contributed by atoms with van der Waals surface area (Å²) in [6.45, 7) is -1.09. The topological polar surface area (TPSA) is 75.4 Å². The van der Waals surface area contributed by atoms with Gasteiger partial charge in [-0.3, -0.25) is 9.78 Å². The zero-order chi connectivity index (χ0) is 23.7. The second kappa shape index (κ2) is 8.52. The molecule has 0 radical (unpaired) electrons. The molecule has 0 spiro atoms. The van der Waals surface area contributed by atoms with E-state index in [0.717, 1.165) is 10.5 Å². The van der Waals surface area contributed by atoms with Crippen LogP contribution in [0.25, 0.3) is 22.2 Å². The Morgan fingerprint density at radius 1 is 1.09 bits per heavy atom. The summed E-state index contributed by atoms with van der Waals surface area (Å²) in [6, 6.07) is 9.72. The quantitative estimate of drug-likeness (QED) is 0.602. The minimum Gasteiger partial charge on any atom is -0.475 e. The van der Waals surface area contributed by atoms with Crippen molar-refractivity contribution >= 4 is 22.9 Å². The number of hydrogen-bond donors (Lipinski definition) is 1. The van der Waals surface area contributed by atoms with E-state index in [9.17, 15) is 31.1 Å². The molecule has 32 heavy (non-hydrogen) atoms. The molecule has 0 bridgehead atoms. The molecular formula is C20H15F6N3O3. The molecular weight excluding hydrogens is 444 g/mol. The average Bonchev–Trinajstić information content (AvgIpc) is 3.08. The molecule has 1 amide bonds.